The first-order chi connectivity index (χ1) is 16.5. The molecular formula is C24H23N7O3. The fourth-order valence-electron chi connectivity index (χ4n) is 4.07. The molecule has 34 heavy (non-hydrogen) atoms. The molecule has 0 aliphatic heterocycles. The fourth-order valence-corrected chi connectivity index (χ4v) is 4.07. The zero-order chi connectivity index (χ0) is 23.8. The number of anilines is 2. The minimum Gasteiger partial charge on any atom is -0.384 e. The average molecular weight is 457 g/mol. The van der Waals surface area contributed by atoms with E-state index in [1.807, 2.05) is 29.7 Å². The fraction of sp³-hybridized carbons (Fsp3) is 0.292. The second-order valence-corrected chi connectivity index (χ2v) is 8.20. The van der Waals surface area contributed by atoms with E-state index in [-0.39, 0.29) is 36.0 Å². The molecule has 1 unspecified atom stereocenters. The molecule has 4 aromatic rings. The molecule has 10 nitrogen and oxygen atoms in total. The highest BCUT2D eigenvalue weighted by molar-refractivity contribution is 5.88. The van der Waals surface area contributed by atoms with E-state index in [2.05, 4.69) is 37.3 Å². The topological polar surface area (TPSA) is 145 Å². The van der Waals surface area contributed by atoms with E-state index < -0.39 is 0 Å². The third kappa shape index (κ3) is 3.86. The zero-order valence-electron chi connectivity index (χ0n) is 18.7. The van der Waals surface area contributed by atoms with Crippen molar-refractivity contribution < 1.29 is 9.63 Å². The Morgan fingerprint density at radius 1 is 1.35 bits per heavy atom. The van der Waals surface area contributed by atoms with Crippen molar-refractivity contribution in [2.75, 3.05) is 17.7 Å². The van der Waals surface area contributed by atoms with Gasteiger partial charge >= 0.3 is 0 Å². The van der Waals surface area contributed by atoms with E-state index in [0.29, 0.717) is 28.2 Å². The van der Waals surface area contributed by atoms with Gasteiger partial charge in [-0.25, -0.2) is 9.97 Å². The van der Waals surface area contributed by atoms with Gasteiger partial charge < -0.3 is 25.2 Å². The lowest BCUT2D eigenvalue weighted by atomic mass is 10.0. The van der Waals surface area contributed by atoms with E-state index in [4.69, 9.17) is 15.4 Å². The molecule has 0 radical (unpaired) electrons. The first-order valence-corrected chi connectivity index (χ1v) is 10.9. The van der Waals surface area contributed by atoms with Gasteiger partial charge in [-0.3, -0.25) is 4.79 Å². The predicted octanol–water partition coefficient (Wildman–Crippen LogP) is 2.58. The molecule has 1 fully saturated rings. The van der Waals surface area contributed by atoms with Crippen molar-refractivity contribution in [2.45, 2.75) is 38.8 Å². The summed E-state index contributed by atoms with van der Waals surface area (Å²) in [6, 6.07) is 7.37. The number of pyridine rings is 1. The van der Waals surface area contributed by atoms with E-state index in [1.54, 1.807) is 13.0 Å². The summed E-state index contributed by atoms with van der Waals surface area (Å²) in [6.45, 7) is 3.40. The maximum atomic E-state index is 13.6. The van der Waals surface area contributed by atoms with Gasteiger partial charge in [0.2, 0.25) is 0 Å². The Labute approximate surface area is 194 Å². The number of aliphatic hydroxyl groups is 1. The summed E-state index contributed by atoms with van der Waals surface area (Å²) in [6.07, 6.45) is 3.22. The van der Waals surface area contributed by atoms with Crippen molar-refractivity contribution in [1.82, 2.24) is 24.7 Å². The summed E-state index contributed by atoms with van der Waals surface area (Å²) < 4.78 is 7.14. The highest BCUT2D eigenvalue weighted by Gasteiger charge is 2.30. The second kappa shape index (κ2) is 8.61. The molecule has 4 N–H and O–H groups in total. The van der Waals surface area contributed by atoms with Crippen LogP contribution in [0.4, 0.5) is 11.6 Å². The molecule has 5 rings (SSSR count). The molecule has 3 aromatic heterocycles. The number of nitrogen functional groups attached to an aromatic ring is 1. The average Bonchev–Trinajstić information content (AvgIpc) is 3.57. The lowest BCUT2D eigenvalue weighted by molar-refractivity contribution is 0.350. The van der Waals surface area contributed by atoms with Crippen molar-refractivity contribution in [3.8, 4) is 23.3 Å². The van der Waals surface area contributed by atoms with Crippen LogP contribution in [0.5, 0.6) is 0 Å². The molecule has 172 valence electrons. The van der Waals surface area contributed by atoms with Crippen molar-refractivity contribution in [1.29, 1.82) is 0 Å². The number of nitrogens with zero attached hydrogens (tertiary/aromatic N) is 5. The van der Waals surface area contributed by atoms with Crippen molar-refractivity contribution in [2.24, 2.45) is 0 Å². The molecule has 0 spiro atoms. The van der Waals surface area contributed by atoms with Gasteiger partial charge in [-0.05, 0) is 44.2 Å². The van der Waals surface area contributed by atoms with Gasteiger partial charge in [0.25, 0.3) is 11.4 Å². The zero-order valence-corrected chi connectivity index (χ0v) is 18.7. The third-order valence-corrected chi connectivity index (χ3v) is 5.74. The molecule has 1 atom stereocenters. The van der Waals surface area contributed by atoms with Crippen LogP contribution in [0.1, 0.15) is 48.9 Å². The highest BCUT2D eigenvalue weighted by Crippen LogP contribution is 2.38. The minimum atomic E-state index is -0.304. The highest BCUT2D eigenvalue weighted by atomic mass is 16.5. The van der Waals surface area contributed by atoms with E-state index in [0.717, 1.165) is 23.9 Å². The number of aliphatic hydroxyl groups excluding tert-OH is 1. The van der Waals surface area contributed by atoms with Crippen molar-refractivity contribution in [3.05, 3.63) is 58.0 Å². The summed E-state index contributed by atoms with van der Waals surface area (Å²) in [7, 11) is 0. The van der Waals surface area contributed by atoms with E-state index in [9.17, 15) is 4.79 Å². The normalized spacial score (nSPS) is 14.0. The number of aryl methyl sites for hydroxylation is 1. The van der Waals surface area contributed by atoms with Crippen LogP contribution >= 0.6 is 0 Å². The van der Waals surface area contributed by atoms with Crippen molar-refractivity contribution in [3.63, 3.8) is 0 Å². The molecule has 10 heteroatoms. The summed E-state index contributed by atoms with van der Waals surface area (Å²) in [5.74, 6) is 6.87. The Hall–Kier alpha value is -4.23. The lowest BCUT2D eigenvalue weighted by Gasteiger charge is -2.22. The maximum Gasteiger partial charge on any atom is 0.265 e. The molecule has 1 saturated carbocycles. The maximum absolute atomic E-state index is 13.6. The molecule has 0 bridgehead atoms. The molecule has 3 heterocycles. The Morgan fingerprint density at radius 3 is 2.88 bits per heavy atom. The van der Waals surface area contributed by atoms with Crippen molar-refractivity contribution >= 4 is 22.4 Å². The standard InChI is InChI=1S/C24H23N7O3/c1-13(28-22-20(21(25)26-12-27-22)23-29-14(2)30-34-23)18-11-16-6-3-5-15(7-4-10-32)19(16)24(33)31(18)17-8-9-17/h3,5-6,11-13,17,32H,8-10H2,1-2H3,(H3,25,26,27,28). The van der Waals surface area contributed by atoms with Gasteiger partial charge in [0.15, 0.2) is 5.82 Å². The van der Waals surface area contributed by atoms with Crippen LogP contribution in [-0.2, 0) is 0 Å². The number of nitrogens with one attached hydrogen (secondary N) is 1. The number of fused-ring (bicyclic) bond motifs is 1. The largest absolute Gasteiger partial charge is 0.384 e. The van der Waals surface area contributed by atoms with E-state index >= 15 is 0 Å². The van der Waals surface area contributed by atoms with Gasteiger partial charge in [-0.15, -0.1) is 0 Å². The third-order valence-electron chi connectivity index (χ3n) is 5.74. The summed E-state index contributed by atoms with van der Waals surface area (Å²) in [5, 5.41) is 17.6. The number of hydrogen-bond donors (Lipinski definition) is 3. The summed E-state index contributed by atoms with van der Waals surface area (Å²) >= 11 is 0. The number of rotatable bonds is 5. The molecule has 1 aromatic carbocycles. The monoisotopic (exact) mass is 457 g/mol. The number of benzene rings is 1. The van der Waals surface area contributed by atoms with Crippen LogP contribution in [0.15, 0.2) is 39.9 Å². The van der Waals surface area contributed by atoms with E-state index in [1.165, 1.54) is 6.33 Å². The SMILES string of the molecule is Cc1noc(-c2c(N)ncnc2NC(C)c2cc3cccc(C#CCO)c3c(=O)n2C2CC2)n1. The summed E-state index contributed by atoms with van der Waals surface area (Å²) in [5.41, 5.74) is 7.86. The number of hydrogen-bond acceptors (Lipinski definition) is 9. The van der Waals surface area contributed by atoms with Gasteiger partial charge in [0.1, 0.15) is 30.1 Å². The second-order valence-electron chi connectivity index (χ2n) is 8.20. The lowest BCUT2D eigenvalue weighted by Crippen LogP contribution is -2.27. The van der Waals surface area contributed by atoms with Crippen LogP contribution in [0.25, 0.3) is 22.2 Å². The Bertz CT molecular complexity index is 1510. The van der Waals surface area contributed by atoms with Crippen LogP contribution in [-0.4, -0.2) is 36.4 Å². The Morgan fingerprint density at radius 2 is 2.18 bits per heavy atom. The van der Waals surface area contributed by atoms with Crippen LogP contribution in [0, 0.1) is 18.8 Å². The quantitative estimate of drug-likeness (QED) is 0.385. The molecule has 1 aliphatic rings. The summed E-state index contributed by atoms with van der Waals surface area (Å²) in [4.78, 5) is 26.3. The Balaban J connectivity index is 1.62. The molecule has 0 saturated heterocycles. The van der Waals surface area contributed by atoms with Gasteiger partial charge in [-0.1, -0.05) is 29.1 Å². The van der Waals surface area contributed by atoms with Gasteiger partial charge in [0.05, 0.1) is 11.4 Å². The predicted molar refractivity (Wildman–Crippen MR) is 127 cm³/mol. The number of nitrogens with two attached hydrogens (primary N) is 1. The molecular weight excluding hydrogens is 434 g/mol. The minimum absolute atomic E-state index is 0.0959. The van der Waals surface area contributed by atoms with Gasteiger partial charge in [0, 0.05) is 17.3 Å². The number of aromatic nitrogens is 5. The first-order valence-electron chi connectivity index (χ1n) is 10.9. The molecule has 0 amide bonds. The van der Waals surface area contributed by atoms with Crippen LogP contribution in [0.3, 0.4) is 0 Å². The first kappa shape index (κ1) is 21.6. The van der Waals surface area contributed by atoms with Gasteiger partial charge in [-0.2, -0.15) is 4.98 Å². The molecule has 1 aliphatic carbocycles. The van der Waals surface area contributed by atoms with Crippen LogP contribution in [0.2, 0.25) is 0 Å². The smallest absolute Gasteiger partial charge is 0.265 e. The van der Waals surface area contributed by atoms with Crippen LogP contribution < -0.4 is 16.6 Å². The Kier molecular flexibility index (Phi) is 5.47.